The van der Waals surface area contributed by atoms with Gasteiger partial charge < -0.3 is 20.1 Å². The van der Waals surface area contributed by atoms with Crippen molar-refractivity contribution in [3.63, 3.8) is 0 Å². The van der Waals surface area contributed by atoms with Crippen LogP contribution in [0, 0.1) is 5.92 Å². The van der Waals surface area contributed by atoms with Gasteiger partial charge in [0.2, 0.25) is 5.91 Å². The van der Waals surface area contributed by atoms with Gasteiger partial charge in [0.1, 0.15) is 29.7 Å². The number of nitrogens with zero attached hydrogens (tertiary/aromatic N) is 2. The number of para-hydroxylation sites is 1. The van der Waals surface area contributed by atoms with E-state index in [0.717, 1.165) is 33.5 Å². The monoisotopic (exact) mass is 568 g/mol. The molecule has 2 amide bonds. The number of fused-ring (bicyclic) bond motifs is 1. The predicted octanol–water partition coefficient (Wildman–Crippen LogP) is 4.80. The Morgan fingerprint density at radius 2 is 1.83 bits per heavy atom. The Kier molecular flexibility index (Phi) is 8.42. The highest BCUT2D eigenvalue weighted by atomic mass is 16.5. The number of pyridine rings is 1. The van der Waals surface area contributed by atoms with Crippen LogP contribution in [0.25, 0.3) is 22.2 Å². The fourth-order valence-electron chi connectivity index (χ4n) is 5.53. The van der Waals surface area contributed by atoms with Gasteiger partial charge in [-0.25, -0.2) is 10.5 Å². The summed E-state index contributed by atoms with van der Waals surface area (Å²) in [6.07, 6.45) is 0.777. The van der Waals surface area contributed by atoms with Crippen LogP contribution in [0.5, 0.6) is 11.5 Å². The molecule has 0 saturated carbocycles. The van der Waals surface area contributed by atoms with Crippen molar-refractivity contribution < 1.29 is 24.3 Å². The summed E-state index contributed by atoms with van der Waals surface area (Å²) in [6, 6.07) is 24.2. The first-order valence-electron chi connectivity index (χ1n) is 14.0. The zero-order chi connectivity index (χ0) is 29.9. The normalized spacial score (nSPS) is 17.5. The first kappa shape index (κ1) is 29.0. The van der Waals surface area contributed by atoms with Crippen LogP contribution >= 0.6 is 0 Å². The molecule has 0 spiro atoms. The van der Waals surface area contributed by atoms with Gasteiger partial charge in [-0.2, -0.15) is 0 Å². The number of hydrogen-bond acceptors (Lipinski definition) is 7. The van der Waals surface area contributed by atoms with Gasteiger partial charge >= 0.3 is 0 Å². The number of methoxy groups -OCH3 is 1. The van der Waals surface area contributed by atoms with E-state index in [9.17, 15) is 14.8 Å². The molecule has 2 unspecified atom stereocenters. The van der Waals surface area contributed by atoms with Gasteiger partial charge in [0, 0.05) is 23.1 Å². The summed E-state index contributed by atoms with van der Waals surface area (Å²) < 4.78 is 11.6. The minimum atomic E-state index is -1.27. The second-order valence-corrected chi connectivity index (χ2v) is 11.1. The highest BCUT2D eigenvalue weighted by Gasteiger charge is 2.48. The summed E-state index contributed by atoms with van der Waals surface area (Å²) in [4.78, 5) is 32.2. The second-order valence-electron chi connectivity index (χ2n) is 11.1. The molecule has 218 valence electrons. The maximum Gasteiger partial charge on any atom is 0.266 e. The van der Waals surface area contributed by atoms with Crippen molar-refractivity contribution in [1.82, 2.24) is 15.4 Å². The lowest BCUT2D eigenvalue weighted by Gasteiger charge is -2.30. The van der Waals surface area contributed by atoms with Gasteiger partial charge in [0.15, 0.2) is 0 Å². The number of carbonyl (C=O) groups excluding carboxylic acids is 2. The highest BCUT2D eigenvalue weighted by molar-refractivity contribution is 5.94. The van der Waals surface area contributed by atoms with E-state index in [1.54, 1.807) is 36.9 Å². The molecule has 1 fully saturated rings. The Morgan fingerprint density at radius 3 is 2.55 bits per heavy atom. The van der Waals surface area contributed by atoms with Gasteiger partial charge in [-0.15, -0.1) is 0 Å². The molecule has 4 aromatic rings. The molecule has 3 aromatic carbocycles. The van der Waals surface area contributed by atoms with Crippen LogP contribution in [0.4, 0.5) is 0 Å². The summed E-state index contributed by atoms with van der Waals surface area (Å²) in [7, 11) is 1.64. The first-order chi connectivity index (χ1) is 20.2. The number of hydroxylamine groups is 1. The number of carbonyl (C=O) groups is 2. The van der Waals surface area contributed by atoms with E-state index in [1.807, 2.05) is 68.4 Å². The van der Waals surface area contributed by atoms with Crippen molar-refractivity contribution in [3.05, 3.63) is 90.0 Å². The van der Waals surface area contributed by atoms with Crippen molar-refractivity contribution in [3.8, 4) is 22.8 Å². The van der Waals surface area contributed by atoms with Gasteiger partial charge in [-0.3, -0.25) is 14.8 Å². The highest BCUT2D eigenvalue weighted by Crippen LogP contribution is 2.34. The number of likely N-dealkylation sites (tertiary alicyclic amines) is 1. The number of nitrogens with two attached hydrogens (primary N) is 1. The first-order valence-corrected chi connectivity index (χ1v) is 14.0. The Morgan fingerprint density at radius 1 is 1.07 bits per heavy atom. The van der Waals surface area contributed by atoms with Crippen LogP contribution in [-0.4, -0.2) is 46.6 Å². The number of hydrogen-bond donors (Lipinski definition) is 3. The standard InChI is InChI=1S/C33H36N4O5/c1-21(2)17-30(31(38)36-40)37-16-15-33(34,32(37)39)24-11-13-25(14-12-24)42-20-23-19-29(22-7-6-8-26(18-22)41-3)35-28-10-5-4-9-27(23)28/h4-14,18-19,21,30,40H,15-17,20,34H2,1-3H3,(H,36,38). The molecule has 9 nitrogen and oxygen atoms in total. The van der Waals surface area contributed by atoms with E-state index in [0.29, 0.717) is 37.3 Å². The SMILES string of the molecule is COc1cccc(-c2cc(COc3ccc(C4(N)CCN(C(CC(C)C)C(=O)NO)C4=O)cc3)c3ccccc3n2)c1. The largest absolute Gasteiger partial charge is 0.497 e. The molecule has 4 N–H and O–H groups in total. The Labute approximate surface area is 245 Å². The molecule has 1 saturated heterocycles. The van der Waals surface area contributed by atoms with Crippen LogP contribution in [0.1, 0.15) is 37.8 Å². The quantitative estimate of drug-likeness (QED) is 0.185. The molecule has 0 bridgehead atoms. The van der Waals surface area contributed by atoms with Crippen LogP contribution in [0.3, 0.4) is 0 Å². The van der Waals surface area contributed by atoms with Crippen LogP contribution in [-0.2, 0) is 21.7 Å². The molecule has 2 heterocycles. The predicted molar refractivity (Wildman–Crippen MR) is 160 cm³/mol. The van der Waals surface area contributed by atoms with E-state index in [4.69, 9.17) is 20.2 Å². The minimum absolute atomic E-state index is 0.147. The average molecular weight is 569 g/mol. The maximum atomic E-state index is 13.5. The number of aromatic nitrogens is 1. The van der Waals surface area contributed by atoms with Gasteiger partial charge in [0.25, 0.3) is 5.91 Å². The molecule has 1 aliphatic rings. The van der Waals surface area contributed by atoms with E-state index >= 15 is 0 Å². The molecule has 9 heteroatoms. The fraction of sp³-hybridized carbons (Fsp3) is 0.303. The van der Waals surface area contributed by atoms with E-state index in [1.165, 1.54) is 4.90 Å². The van der Waals surface area contributed by atoms with Crippen molar-refractivity contribution in [1.29, 1.82) is 0 Å². The number of rotatable bonds is 10. The summed E-state index contributed by atoms with van der Waals surface area (Å²) in [6.45, 7) is 4.55. The van der Waals surface area contributed by atoms with E-state index in [2.05, 4.69) is 0 Å². The van der Waals surface area contributed by atoms with Gasteiger partial charge in [-0.1, -0.05) is 56.3 Å². The molecule has 0 radical (unpaired) electrons. The lowest BCUT2D eigenvalue weighted by atomic mass is 9.89. The van der Waals surface area contributed by atoms with E-state index in [-0.39, 0.29) is 11.8 Å². The second kappa shape index (κ2) is 12.2. The summed E-state index contributed by atoms with van der Waals surface area (Å²) in [5.74, 6) is 0.593. The topological polar surface area (TPSA) is 127 Å². The number of amides is 2. The van der Waals surface area contributed by atoms with Crippen LogP contribution in [0.2, 0.25) is 0 Å². The molecule has 1 aliphatic heterocycles. The van der Waals surface area contributed by atoms with Crippen LogP contribution < -0.4 is 20.7 Å². The zero-order valence-corrected chi connectivity index (χ0v) is 24.0. The number of ether oxygens (including phenoxy) is 2. The molecule has 42 heavy (non-hydrogen) atoms. The summed E-state index contributed by atoms with van der Waals surface area (Å²) >= 11 is 0. The Balaban J connectivity index is 1.34. The van der Waals surface area contributed by atoms with Gasteiger partial charge in [0.05, 0.1) is 18.3 Å². The minimum Gasteiger partial charge on any atom is -0.497 e. The van der Waals surface area contributed by atoms with Crippen molar-refractivity contribution in [2.45, 2.75) is 44.9 Å². The Bertz CT molecular complexity index is 1590. The molecule has 2 atom stereocenters. The third kappa shape index (κ3) is 5.79. The summed E-state index contributed by atoms with van der Waals surface area (Å²) in [5.41, 5.74) is 11.3. The fourth-order valence-corrected chi connectivity index (χ4v) is 5.53. The molecular weight excluding hydrogens is 532 g/mol. The van der Waals surface area contributed by atoms with Gasteiger partial charge in [-0.05, 0) is 60.7 Å². The van der Waals surface area contributed by atoms with Crippen LogP contribution in [0.15, 0.2) is 78.9 Å². The third-order valence-corrected chi connectivity index (χ3v) is 7.80. The molecule has 5 rings (SSSR count). The zero-order valence-electron chi connectivity index (χ0n) is 24.0. The number of nitrogens with one attached hydrogen (secondary N) is 1. The summed E-state index contributed by atoms with van der Waals surface area (Å²) in [5, 5.41) is 10.2. The molecule has 1 aromatic heterocycles. The van der Waals surface area contributed by atoms with Crippen molar-refractivity contribution in [2.75, 3.05) is 13.7 Å². The van der Waals surface area contributed by atoms with Crippen molar-refractivity contribution >= 4 is 22.7 Å². The van der Waals surface area contributed by atoms with Crippen molar-refractivity contribution in [2.24, 2.45) is 11.7 Å². The molecular formula is C33H36N4O5. The third-order valence-electron chi connectivity index (χ3n) is 7.80. The lowest BCUT2D eigenvalue weighted by molar-refractivity contribution is -0.144. The smallest absolute Gasteiger partial charge is 0.266 e. The lowest BCUT2D eigenvalue weighted by Crippen LogP contribution is -2.52. The average Bonchev–Trinajstić information content (AvgIpc) is 3.32. The molecule has 0 aliphatic carbocycles. The Hall–Kier alpha value is -4.47. The van der Waals surface area contributed by atoms with E-state index < -0.39 is 17.5 Å². The maximum absolute atomic E-state index is 13.5. The number of benzene rings is 3.